The average molecular weight is 515 g/mol. The Labute approximate surface area is 210 Å². The first-order chi connectivity index (χ1) is 17.6. The predicted octanol–water partition coefficient (Wildman–Crippen LogP) is 3.64. The number of rotatable bonds is 5. The Kier molecular flexibility index (Phi) is 6.38. The van der Waals surface area contributed by atoms with Crippen molar-refractivity contribution < 1.29 is 37.1 Å². The van der Waals surface area contributed by atoms with Crippen molar-refractivity contribution in [1.82, 2.24) is 15.5 Å². The maximum atomic E-state index is 13.2. The van der Waals surface area contributed by atoms with Gasteiger partial charge in [-0.05, 0) is 54.0 Å². The van der Waals surface area contributed by atoms with Crippen molar-refractivity contribution in [3.05, 3.63) is 70.3 Å². The van der Waals surface area contributed by atoms with Crippen LogP contribution in [0.4, 0.5) is 18.0 Å². The number of alkyl carbamates (subject to hydrolysis) is 1. The van der Waals surface area contributed by atoms with Gasteiger partial charge in [0.1, 0.15) is 12.1 Å². The van der Waals surface area contributed by atoms with Crippen molar-refractivity contribution in [2.75, 3.05) is 0 Å². The van der Waals surface area contributed by atoms with Crippen molar-refractivity contribution in [3.63, 3.8) is 0 Å². The number of hydrogen-bond donors (Lipinski definition) is 2. The van der Waals surface area contributed by atoms with Gasteiger partial charge in [-0.25, -0.2) is 4.79 Å². The average Bonchev–Trinajstić information content (AvgIpc) is 3.15. The molecule has 194 valence electrons. The molecule has 2 N–H and O–H groups in total. The number of halogens is 3. The number of imide groups is 1. The summed E-state index contributed by atoms with van der Waals surface area (Å²) in [4.78, 5) is 50.2. The third-order valence-electron chi connectivity index (χ3n) is 7.10. The lowest BCUT2D eigenvalue weighted by Gasteiger charge is -2.36. The van der Waals surface area contributed by atoms with E-state index < -0.39 is 35.9 Å². The third kappa shape index (κ3) is 5.03. The Bertz CT molecular complexity index is 1270. The maximum Gasteiger partial charge on any atom is 0.416 e. The van der Waals surface area contributed by atoms with Crippen LogP contribution in [0.25, 0.3) is 0 Å². The molecule has 0 spiro atoms. The van der Waals surface area contributed by atoms with Gasteiger partial charge in [0, 0.05) is 25.1 Å². The normalized spacial score (nSPS) is 23.3. The molecule has 0 radical (unpaired) electrons. The standard InChI is InChI=1S/C26H24F3N3O5/c27-26(28,29)20-4-2-1-3-18(20)16-10-17(11-16)37-25(36)30-12-14-5-6-15-13-32(24(35)19(15)9-14)21-7-8-22(33)31-23(21)34/h1-6,9,16-17,21H,7-8,10-13H2,(H,30,36)(H,31,33,34). The Morgan fingerprint density at radius 2 is 1.86 bits per heavy atom. The number of fused-ring (bicyclic) bond motifs is 1. The first-order valence-electron chi connectivity index (χ1n) is 12.0. The van der Waals surface area contributed by atoms with Crippen molar-refractivity contribution >= 4 is 23.8 Å². The number of hydrogen-bond acceptors (Lipinski definition) is 5. The Morgan fingerprint density at radius 1 is 1.11 bits per heavy atom. The Morgan fingerprint density at radius 3 is 2.59 bits per heavy atom. The Hall–Kier alpha value is -3.89. The molecule has 0 bridgehead atoms. The second-order valence-electron chi connectivity index (χ2n) is 9.53. The summed E-state index contributed by atoms with van der Waals surface area (Å²) in [6.45, 7) is 0.349. The molecule has 1 unspecified atom stereocenters. The molecule has 0 aromatic heterocycles. The van der Waals surface area contributed by atoms with E-state index in [4.69, 9.17) is 4.74 Å². The van der Waals surface area contributed by atoms with Crippen molar-refractivity contribution in [3.8, 4) is 0 Å². The molecule has 2 heterocycles. The Balaban J connectivity index is 1.13. The van der Waals surface area contributed by atoms with Crippen LogP contribution in [0.5, 0.6) is 0 Å². The molecule has 2 aromatic rings. The van der Waals surface area contributed by atoms with E-state index in [0.29, 0.717) is 24.0 Å². The summed E-state index contributed by atoms with van der Waals surface area (Å²) < 4.78 is 45.1. The van der Waals surface area contributed by atoms with Crippen LogP contribution in [0.3, 0.4) is 0 Å². The number of piperidine rings is 1. The van der Waals surface area contributed by atoms with E-state index in [0.717, 1.165) is 11.6 Å². The molecule has 11 heteroatoms. The largest absolute Gasteiger partial charge is 0.446 e. The van der Waals surface area contributed by atoms with Crippen LogP contribution in [-0.2, 0) is 33.6 Å². The van der Waals surface area contributed by atoms with Gasteiger partial charge < -0.3 is 15.0 Å². The molecular weight excluding hydrogens is 491 g/mol. The fourth-order valence-electron chi connectivity index (χ4n) is 5.11. The zero-order chi connectivity index (χ0) is 26.3. The highest BCUT2D eigenvalue weighted by Gasteiger charge is 2.41. The summed E-state index contributed by atoms with van der Waals surface area (Å²) in [6, 6.07) is 9.90. The van der Waals surface area contributed by atoms with E-state index in [1.54, 1.807) is 24.3 Å². The smallest absolute Gasteiger partial charge is 0.416 e. The first-order valence-corrected chi connectivity index (χ1v) is 12.0. The summed E-state index contributed by atoms with van der Waals surface area (Å²) in [6.07, 6.45) is -4.54. The van der Waals surface area contributed by atoms with Crippen LogP contribution >= 0.6 is 0 Å². The van der Waals surface area contributed by atoms with Gasteiger partial charge in [0.25, 0.3) is 5.91 Å². The van der Waals surface area contributed by atoms with Crippen molar-refractivity contribution in [2.24, 2.45) is 0 Å². The summed E-state index contributed by atoms with van der Waals surface area (Å²) >= 11 is 0. The number of nitrogens with one attached hydrogen (secondary N) is 2. The van der Waals surface area contributed by atoms with Crippen LogP contribution in [0.15, 0.2) is 42.5 Å². The number of alkyl halides is 3. The van der Waals surface area contributed by atoms with E-state index in [1.807, 2.05) is 0 Å². The maximum absolute atomic E-state index is 13.2. The quantitative estimate of drug-likeness (QED) is 0.592. The minimum Gasteiger partial charge on any atom is -0.446 e. The van der Waals surface area contributed by atoms with Gasteiger partial charge in [-0.2, -0.15) is 13.2 Å². The zero-order valence-corrected chi connectivity index (χ0v) is 19.6. The molecule has 1 saturated heterocycles. The van der Waals surface area contributed by atoms with Gasteiger partial charge in [0.15, 0.2) is 0 Å². The van der Waals surface area contributed by atoms with Crippen LogP contribution in [0, 0.1) is 0 Å². The lowest BCUT2D eigenvalue weighted by molar-refractivity contribution is -0.139. The van der Waals surface area contributed by atoms with Crippen LogP contribution < -0.4 is 10.6 Å². The summed E-state index contributed by atoms with van der Waals surface area (Å²) in [7, 11) is 0. The monoisotopic (exact) mass is 515 g/mol. The zero-order valence-electron chi connectivity index (χ0n) is 19.6. The third-order valence-corrected chi connectivity index (χ3v) is 7.10. The van der Waals surface area contributed by atoms with E-state index in [1.165, 1.54) is 17.0 Å². The molecule has 4 amide bonds. The summed E-state index contributed by atoms with van der Waals surface area (Å²) in [5.74, 6) is -1.48. The molecule has 1 saturated carbocycles. The number of ether oxygens (including phenoxy) is 1. The highest BCUT2D eigenvalue weighted by molar-refractivity contribution is 6.05. The van der Waals surface area contributed by atoms with E-state index in [2.05, 4.69) is 10.6 Å². The van der Waals surface area contributed by atoms with Gasteiger partial charge in [-0.1, -0.05) is 30.3 Å². The van der Waals surface area contributed by atoms with Crippen molar-refractivity contribution in [2.45, 2.75) is 63.0 Å². The SMILES string of the molecule is O=C1CCC(N2Cc3ccc(CNC(=O)OC4CC(c5ccccc5C(F)(F)F)C4)cc3C2=O)C(=O)N1. The van der Waals surface area contributed by atoms with Crippen LogP contribution in [0.2, 0.25) is 0 Å². The summed E-state index contributed by atoms with van der Waals surface area (Å²) in [5, 5.41) is 4.87. The molecule has 2 aliphatic heterocycles. The van der Waals surface area contributed by atoms with Crippen LogP contribution in [0.1, 0.15) is 64.2 Å². The van der Waals surface area contributed by atoms with Gasteiger partial charge >= 0.3 is 12.3 Å². The fraction of sp³-hybridized carbons (Fsp3) is 0.385. The molecule has 3 aliphatic rings. The van der Waals surface area contributed by atoms with Gasteiger partial charge in [0.2, 0.25) is 11.8 Å². The van der Waals surface area contributed by atoms with Crippen LogP contribution in [-0.4, -0.2) is 40.9 Å². The second kappa shape index (κ2) is 9.53. The van der Waals surface area contributed by atoms with Crippen molar-refractivity contribution in [1.29, 1.82) is 0 Å². The van der Waals surface area contributed by atoms with Gasteiger partial charge in [-0.3, -0.25) is 19.7 Å². The lowest BCUT2D eigenvalue weighted by Crippen LogP contribution is -2.52. The van der Waals surface area contributed by atoms with E-state index in [-0.39, 0.29) is 49.2 Å². The highest BCUT2D eigenvalue weighted by Crippen LogP contribution is 2.44. The summed E-state index contributed by atoms with van der Waals surface area (Å²) in [5.41, 5.74) is 1.39. The molecule has 5 rings (SSSR count). The molecule has 2 fully saturated rings. The predicted molar refractivity (Wildman–Crippen MR) is 123 cm³/mol. The number of amides is 4. The highest BCUT2D eigenvalue weighted by atomic mass is 19.4. The first kappa shape index (κ1) is 24.8. The lowest BCUT2D eigenvalue weighted by atomic mass is 9.76. The molecule has 2 aromatic carbocycles. The minimum absolute atomic E-state index is 0.0882. The number of carbonyl (C=O) groups excluding carboxylic acids is 4. The second-order valence-corrected chi connectivity index (χ2v) is 9.53. The number of nitrogens with zero attached hydrogens (tertiary/aromatic N) is 1. The number of carbonyl (C=O) groups is 4. The molecule has 1 atom stereocenters. The van der Waals surface area contributed by atoms with E-state index >= 15 is 0 Å². The van der Waals surface area contributed by atoms with Gasteiger partial charge in [0.05, 0.1) is 5.56 Å². The molecule has 37 heavy (non-hydrogen) atoms. The minimum atomic E-state index is -4.43. The molecule has 8 nitrogen and oxygen atoms in total. The fourth-order valence-corrected chi connectivity index (χ4v) is 5.11. The molecule has 1 aliphatic carbocycles. The van der Waals surface area contributed by atoms with Gasteiger partial charge in [-0.15, -0.1) is 0 Å². The number of benzene rings is 2. The van der Waals surface area contributed by atoms with E-state index in [9.17, 15) is 32.3 Å². The molecular formula is C26H24F3N3O5. The topological polar surface area (TPSA) is 105 Å².